The summed E-state index contributed by atoms with van der Waals surface area (Å²) in [4.78, 5) is 24.0. The van der Waals surface area contributed by atoms with E-state index in [1.165, 1.54) is 13.2 Å². The standard InChI is InChI=1S/C21H20N2O4/c1-15(17-8-4-3-5-9-17)23-20(24)14-27-21(25)18(13-22)11-16-7-6-10-19(12-16)26-2/h3-12,15H,14H2,1-2H3,(H,23,24)/b18-11+/t15-/m1/s1. The molecule has 2 rings (SSSR count). The fraction of sp³-hybridized carbons (Fsp3) is 0.190. The smallest absolute Gasteiger partial charge is 0.349 e. The van der Waals surface area contributed by atoms with Gasteiger partial charge < -0.3 is 14.8 Å². The van der Waals surface area contributed by atoms with Gasteiger partial charge in [0.25, 0.3) is 5.91 Å². The van der Waals surface area contributed by atoms with E-state index in [-0.39, 0.29) is 11.6 Å². The molecule has 0 aliphatic heterocycles. The predicted molar refractivity (Wildman–Crippen MR) is 101 cm³/mol. The summed E-state index contributed by atoms with van der Waals surface area (Å²) in [6.45, 7) is 1.37. The SMILES string of the molecule is COc1cccc(/C=C(\C#N)C(=O)OCC(=O)N[C@H](C)c2ccccc2)c1. The number of rotatable bonds is 7. The third-order valence-corrected chi connectivity index (χ3v) is 3.76. The second-order valence-corrected chi connectivity index (χ2v) is 5.72. The zero-order chi connectivity index (χ0) is 19.6. The van der Waals surface area contributed by atoms with Crippen LogP contribution in [-0.4, -0.2) is 25.6 Å². The summed E-state index contributed by atoms with van der Waals surface area (Å²) in [7, 11) is 1.53. The first-order valence-corrected chi connectivity index (χ1v) is 8.30. The Balaban J connectivity index is 1.93. The molecule has 0 saturated carbocycles. The van der Waals surface area contributed by atoms with Crippen LogP contribution in [0.4, 0.5) is 0 Å². The highest BCUT2D eigenvalue weighted by Gasteiger charge is 2.15. The van der Waals surface area contributed by atoms with E-state index < -0.39 is 18.5 Å². The van der Waals surface area contributed by atoms with E-state index in [1.807, 2.05) is 37.3 Å². The number of benzene rings is 2. The molecule has 0 spiro atoms. The van der Waals surface area contributed by atoms with Gasteiger partial charge in [-0.1, -0.05) is 42.5 Å². The third-order valence-electron chi connectivity index (χ3n) is 3.76. The highest BCUT2D eigenvalue weighted by Crippen LogP contribution is 2.16. The van der Waals surface area contributed by atoms with Crippen molar-refractivity contribution in [1.29, 1.82) is 5.26 Å². The Morgan fingerprint density at radius 1 is 1.19 bits per heavy atom. The Bertz CT molecular complexity index is 869. The molecule has 6 heteroatoms. The fourth-order valence-corrected chi connectivity index (χ4v) is 2.35. The van der Waals surface area contributed by atoms with Crippen LogP contribution in [0.1, 0.15) is 24.1 Å². The summed E-state index contributed by atoms with van der Waals surface area (Å²) < 4.78 is 10.1. The predicted octanol–water partition coefficient (Wildman–Crippen LogP) is 3.02. The summed E-state index contributed by atoms with van der Waals surface area (Å²) in [5.74, 6) is -0.704. The van der Waals surface area contributed by atoms with Crippen LogP contribution in [0.2, 0.25) is 0 Å². The fourth-order valence-electron chi connectivity index (χ4n) is 2.35. The zero-order valence-corrected chi connectivity index (χ0v) is 15.1. The van der Waals surface area contributed by atoms with E-state index in [0.29, 0.717) is 11.3 Å². The molecule has 0 saturated heterocycles. The van der Waals surface area contributed by atoms with Crippen molar-refractivity contribution < 1.29 is 19.1 Å². The monoisotopic (exact) mass is 364 g/mol. The normalized spacial score (nSPS) is 11.8. The van der Waals surface area contributed by atoms with Gasteiger partial charge in [-0.05, 0) is 36.3 Å². The van der Waals surface area contributed by atoms with Gasteiger partial charge >= 0.3 is 5.97 Å². The van der Waals surface area contributed by atoms with Gasteiger partial charge in [-0.15, -0.1) is 0 Å². The lowest BCUT2D eigenvalue weighted by Gasteiger charge is -2.14. The molecule has 0 radical (unpaired) electrons. The van der Waals surface area contributed by atoms with Crippen LogP contribution in [0.3, 0.4) is 0 Å². The van der Waals surface area contributed by atoms with Crippen molar-refractivity contribution in [1.82, 2.24) is 5.32 Å². The Morgan fingerprint density at radius 2 is 1.93 bits per heavy atom. The molecule has 1 atom stereocenters. The van der Waals surface area contributed by atoms with E-state index >= 15 is 0 Å². The van der Waals surface area contributed by atoms with Crippen molar-refractivity contribution in [2.45, 2.75) is 13.0 Å². The molecule has 27 heavy (non-hydrogen) atoms. The van der Waals surface area contributed by atoms with E-state index in [9.17, 15) is 14.9 Å². The van der Waals surface area contributed by atoms with Crippen molar-refractivity contribution >= 4 is 18.0 Å². The lowest BCUT2D eigenvalue weighted by Crippen LogP contribution is -2.31. The number of carbonyl (C=O) groups is 2. The first-order valence-electron chi connectivity index (χ1n) is 8.30. The quantitative estimate of drug-likeness (QED) is 0.463. The van der Waals surface area contributed by atoms with Gasteiger partial charge in [-0.25, -0.2) is 4.79 Å². The Hall–Kier alpha value is -3.59. The molecule has 138 valence electrons. The first kappa shape index (κ1) is 19.7. The summed E-state index contributed by atoms with van der Waals surface area (Å²) >= 11 is 0. The number of hydrogen-bond donors (Lipinski definition) is 1. The van der Waals surface area contributed by atoms with E-state index in [1.54, 1.807) is 30.3 Å². The lowest BCUT2D eigenvalue weighted by molar-refractivity contribution is -0.144. The highest BCUT2D eigenvalue weighted by atomic mass is 16.5. The minimum Gasteiger partial charge on any atom is -0.497 e. The van der Waals surface area contributed by atoms with Crippen LogP contribution in [0.15, 0.2) is 60.2 Å². The first-order chi connectivity index (χ1) is 13.0. The average Bonchev–Trinajstić information content (AvgIpc) is 2.71. The maximum atomic E-state index is 12.1. The number of carbonyl (C=O) groups excluding carboxylic acids is 2. The molecule has 0 unspecified atom stereocenters. The molecule has 0 fully saturated rings. The average molecular weight is 364 g/mol. The van der Waals surface area contributed by atoms with Crippen LogP contribution in [0.5, 0.6) is 5.75 Å². The van der Waals surface area contributed by atoms with E-state index in [2.05, 4.69) is 5.32 Å². The van der Waals surface area contributed by atoms with Gasteiger partial charge in [-0.2, -0.15) is 5.26 Å². The van der Waals surface area contributed by atoms with Crippen LogP contribution in [-0.2, 0) is 14.3 Å². The van der Waals surface area contributed by atoms with Crippen molar-refractivity contribution in [3.63, 3.8) is 0 Å². The second-order valence-electron chi connectivity index (χ2n) is 5.72. The Morgan fingerprint density at radius 3 is 2.59 bits per heavy atom. The summed E-state index contributed by atoms with van der Waals surface area (Å²) in [5.41, 5.74) is 1.35. The van der Waals surface area contributed by atoms with Gasteiger partial charge in [0.1, 0.15) is 17.4 Å². The van der Waals surface area contributed by atoms with Crippen LogP contribution >= 0.6 is 0 Å². The maximum Gasteiger partial charge on any atom is 0.349 e. The van der Waals surface area contributed by atoms with Crippen molar-refractivity contribution in [2.24, 2.45) is 0 Å². The van der Waals surface area contributed by atoms with Crippen molar-refractivity contribution in [2.75, 3.05) is 13.7 Å². The molecule has 0 heterocycles. The molecule has 0 aliphatic carbocycles. The number of nitrogens with one attached hydrogen (secondary N) is 1. The molecule has 0 bridgehead atoms. The minimum absolute atomic E-state index is 0.202. The Kier molecular flexibility index (Phi) is 7.15. The molecule has 1 N–H and O–H groups in total. The molecular weight excluding hydrogens is 344 g/mol. The lowest BCUT2D eigenvalue weighted by atomic mass is 10.1. The summed E-state index contributed by atoms with van der Waals surface area (Å²) in [6, 6.07) is 17.9. The number of esters is 1. The topological polar surface area (TPSA) is 88.4 Å². The van der Waals surface area contributed by atoms with Crippen LogP contribution in [0.25, 0.3) is 6.08 Å². The number of amides is 1. The molecule has 1 amide bonds. The summed E-state index contributed by atoms with van der Waals surface area (Å²) in [6.07, 6.45) is 1.38. The van der Waals surface area contributed by atoms with Gasteiger partial charge in [0, 0.05) is 0 Å². The zero-order valence-electron chi connectivity index (χ0n) is 15.1. The summed E-state index contributed by atoms with van der Waals surface area (Å²) in [5, 5.41) is 11.9. The van der Waals surface area contributed by atoms with Crippen LogP contribution < -0.4 is 10.1 Å². The third kappa shape index (κ3) is 6.01. The number of methoxy groups -OCH3 is 1. The molecule has 2 aromatic carbocycles. The number of nitrogens with zero attached hydrogens (tertiary/aromatic N) is 1. The van der Waals surface area contributed by atoms with Crippen LogP contribution in [0, 0.1) is 11.3 Å². The number of hydrogen-bond acceptors (Lipinski definition) is 5. The van der Waals surface area contributed by atoms with E-state index in [4.69, 9.17) is 9.47 Å². The number of ether oxygens (including phenoxy) is 2. The van der Waals surface area contributed by atoms with Gasteiger partial charge in [0.15, 0.2) is 6.61 Å². The molecule has 0 aromatic heterocycles. The molecular formula is C21H20N2O4. The molecule has 2 aromatic rings. The minimum atomic E-state index is -0.858. The van der Waals surface area contributed by atoms with Gasteiger partial charge in [-0.3, -0.25) is 4.79 Å². The maximum absolute atomic E-state index is 12.1. The van der Waals surface area contributed by atoms with Gasteiger partial charge in [0.05, 0.1) is 13.2 Å². The largest absolute Gasteiger partial charge is 0.497 e. The van der Waals surface area contributed by atoms with E-state index in [0.717, 1.165) is 5.56 Å². The van der Waals surface area contributed by atoms with Gasteiger partial charge in [0.2, 0.25) is 0 Å². The van der Waals surface area contributed by atoms with Crippen molar-refractivity contribution in [3.8, 4) is 11.8 Å². The second kappa shape index (κ2) is 9.78. The molecule has 6 nitrogen and oxygen atoms in total. The van der Waals surface area contributed by atoms with Crippen molar-refractivity contribution in [3.05, 3.63) is 71.3 Å². The number of nitriles is 1. The Labute approximate surface area is 158 Å². The highest BCUT2D eigenvalue weighted by molar-refractivity contribution is 5.98. The molecule has 0 aliphatic rings.